The third kappa shape index (κ3) is 3.05. The van der Waals surface area contributed by atoms with Gasteiger partial charge < -0.3 is 5.32 Å². The average molecular weight is 415 g/mol. The molecule has 0 bridgehead atoms. The molecule has 0 aromatic heterocycles. The maximum Gasteiger partial charge on any atom is 0.325 e. The SMILES string of the molecule is C[C@]1(c2ccc([N+](=O)[O-])cc2)NC(=O)N(Cc2c(F)c(F)c(F)c(F)c2F)C1=O. The van der Waals surface area contributed by atoms with E-state index in [9.17, 15) is 41.7 Å². The number of carbonyl (C=O) groups is 2. The molecule has 0 aliphatic carbocycles. The summed E-state index contributed by atoms with van der Waals surface area (Å²) in [6, 6.07) is 3.40. The van der Waals surface area contributed by atoms with Crippen molar-refractivity contribution in [3.63, 3.8) is 0 Å². The number of amides is 3. The molecule has 1 fully saturated rings. The molecule has 0 spiro atoms. The molecule has 2 aromatic carbocycles. The molecule has 1 heterocycles. The van der Waals surface area contributed by atoms with E-state index in [0.29, 0.717) is 4.90 Å². The van der Waals surface area contributed by atoms with Crippen LogP contribution in [0.1, 0.15) is 18.1 Å². The largest absolute Gasteiger partial charge is 0.325 e. The quantitative estimate of drug-likeness (QED) is 0.207. The first-order valence-corrected chi connectivity index (χ1v) is 7.88. The second kappa shape index (κ2) is 6.79. The molecule has 12 heteroatoms. The van der Waals surface area contributed by atoms with Crippen LogP contribution in [-0.2, 0) is 16.9 Å². The first-order chi connectivity index (χ1) is 13.5. The van der Waals surface area contributed by atoms with E-state index in [1.807, 2.05) is 0 Å². The van der Waals surface area contributed by atoms with Gasteiger partial charge in [-0.05, 0) is 24.6 Å². The van der Waals surface area contributed by atoms with E-state index in [0.717, 1.165) is 12.1 Å². The lowest BCUT2D eigenvalue weighted by atomic mass is 9.92. The van der Waals surface area contributed by atoms with Crippen LogP contribution in [-0.4, -0.2) is 21.8 Å². The summed E-state index contributed by atoms with van der Waals surface area (Å²) in [6.45, 7) is 0.0198. The number of non-ortho nitro benzene ring substituents is 1. The molecule has 7 nitrogen and oxygen atoms in total. The summed E-state index contributed by atoms with van der Waals surface area (Å²) in [5, 5.41) is 13.0. The predicted molar refractivity (Wildman–Crippen MR) is 85.8 cm³/mol. The van der Waals surface area contributed by atoms with Gasteiger partial charge in [0.2, 0.25) is 5.82 Å². The van der Waals surface area contributed by atoms with Gasteiger partial charge in [-0.3, -0.25) is 19.8 Å². The fourth-order valence-electron chi connectivity index (χ4n) is 2.90. The number of nitrogens with one attached hydrogen (secondary N) is 1. The Hall–Kier alpha value is -3.57. The van der Waals surface area contributed by atoms with Crippen LogP contribution in [0.2, 0.25) is 0 Å². The second-order valence-corrected chi connectivity index (χ2v) is 6.30. The van der Waals surface area contributed by atoms with E-state index >= 15 is 0 Å². The summed E-state index contributed by atoms with van der Waals surface area (Å²) in [7, 11) is 0. The monoisotopic (exact) mass is 415 g/mol. The lowest BCUT2D eigenvalue weighted by Crippen LogP contribution is -2.40. The number of nitro benzene ring substituents is 1. The molecule has 1 aliphatic rings. The first kappa shape index (κ1) is 20.2. The van der Waals surface area contributed by atoms with Crippen LogP contribution in [0, 0.1) is 39.2 Å². The topological polar surface area (TPSA) is 92.6 Å². The first-order valence-electron chi connectivity index (χ1n) is 7.88. The molecule has 1 saturated heterocycles. The summed E-state index contributed by atoms with van der Waals surface area (Å²) >= 11 is 0. The highest BCUT2D eigenvalue weighted by Crippen LogP contribution is 2.32. The smallest absolute Gasteiger partial charge is 0.319 e. The van der Waals surface area contributed by atoms with Gasteiger partial charge in [0.1, 0.15) is 5.54 Å². The van der Waals surface area contributed by atoms with E-state index in [1.54, 1.807) is 0 Å². The van der Waals surface area contributed by atoms with Crippen molar-refractivity contribution in [3.8, 4) is 0 Å². The van der Waals surface area contributed by atoms with Crippen molar-refractivity contribution in [2.24, 2.45) is 0 Å². The zero-order valence-electron chi connectivity index (χ0n) is 14.4. The average Bonchev–Trinajstić information content (AvgIpc) is 2.91. The highest BCUT2D eigenvalue weighted by atomic mass is 19.2. The molecule has 2 aromatic rings. The van der Waals surface area contributed by atoms with Gasteiger partial charge in [0.25, 0.3) is 11.6 Å². The van der Waals surface area contributed by atoms with Gasteiger partial charge in [-0.1, -0.05) is 0 Å². The Morgan fingerprint density at radius 1 is 0.966 bits per heavy atom. The van der Waals surface area contributed by atoms with Crippen molar-refractivity contribution < 1.29 is 36.5 Å². The zero-order chi connectivity index (χ0) is 21.7. The van der Waals surface area contributed by atoms with Gasteiger partial charge in [-0.25, -0.2) is 26.7 Å². The summed E-state index contributed by atoms with van der Waals surface area (Å²) < 4.78 is 67.7. The Morgan fingerprint density at radius 2 is 1.45 bits per heavy atom. The van der Waals surface area contributed by atoms with Crippen LogP contribution in [0.15, 0.2) is 24.3 Å². The lowest BCUT2D eigenvalue weighted by molar-refractivity contribution is -0.384. The fraction of sp³-hybridized carbons (Fsp3) is 0.176. The van der Waals surface area contributed by atoms with Crippen LogP contribution >= 0.6 is 0 Å². The van der Waals surface area contributed by atoms with Gasteiger partial charge in [-0.15, -0.1) is 0 Å². The van der Waals surface area contributed by atoms with Gasteiger partial charge >= 0.3 is 6.03 Å². The third-order valence-corrected chi connectivity index (χ3v) is 4.55. The number of hydrogen-bond donors (Lipinski definition) is 1. The highest BCUT2D eigenvalue weighted by molar-refractivity contribution is 6.07. The third-order valence-electron chi connectivity index (χ3n) is 4.55. The van der Waals surface area contributed by atoms with Crippen molar-refractivity contribution in [3.05, 3.63) is 74.6 Å². The number of halogens is 5. The number of nitro groups is 1. The molecule has 1 atom stereocenters. The van der Waals surface area contributed by atoms with E-state index < -0.39 is 63.6 Å². The van der Waals surface area contributed by atoms with E-state index in [2.05, 4.69) is 5.32 Å². The zero-order valence-corrected chi connectivity index (χ0v) is 14.4. The van der Waals surface area contributed by atoms with E-state index in [1.165, 1.54) is 19.1 Å². The molecular weight excluding hydrogens is 405 g/mol. The number of benzene rings is 2. The minimum atomic E-state index is -2.36. The van der Waals surface area contributed by atoms with Crippen molar-refractivity contribution in [1.82, 2.24) is 10.2 Å². The molecule has 29 heavy (non-hydrogen) atoms. The predicted octanol–water partition coefficient (Wildman–Crippen LogP) is 3.26. The maximum absolute atomic E-state index is 13.9. The van der Waals surface area contributed by atoms with Gasteiger partial charge in [0.05, 0.1) is 11.5 Å². The fourth-order valence-corrected chi connectivity index (χ4v) is 2.90. The van der Waals surface area contributed by atoms with Crippen LogP contribution in [0.4, 0.5) is 32.4 Å². The van der Waals surface area contributed by atoms with Crippen molar-refractivity contribution in [2.45, 2.75) is 19.0 Å². The molecular formula is C17H10F5N3O4. The summed E-state index contributed by atoms with van der Waals surface area (Å²) in [5.41, 5.74) is -3.29. The Morgan fingerprint density at radius 3 is 1.93 bits per heavy atom. The van der Waals surface area contributed by atoms with Crippen molar-refractivity contribution in [2.75, 3.05) is 0 Å². The Balaban J connectivity index is 1.97. The molecule has 0 saturated carbocycles. The lowest BCUT2D eigenvalue weighted by Gasteiger charge is -2.22. The molecule has 3 amide bonds. The van der Waals surface area contributed by atoms with E-state index in [-0.39, 0.29) is 11.3 Å². The molecule has 1 aliphatic heterocycles. The minimum Gasteiger partial charge on any atom is -0.319 e. The van der Waals surface area contributed by atoms with Crippen molar-refractivity contribution in [1.29, 1.82) is 0 Å². The summed E-state index contributed by atoms with van der Waals surface area (Å²) in [4.78, 5) is 35.3. The molecule has 0 radical (unpaired) electrons. The Labute approximate surface area is 158 Å². The molecule has 152 valence electrons. The Bertz CT molecular complexity index is 1030. The second-order valence-electron chi connectivity index (χ2n) is 6.30. The van der Waals surface area contributed by atoms with Crippen LogP contribution < -0.4 is 5.32 Å². The number of hydrogen-bond acceptors (Lipinski definition) is 4. The van der Waals surface area contributed by atoms with E-state index in [4.69, 9.17) is 0 Å². The number of imide groups is 1. The Kier molecular flexibility index (Phi) is 4.73. The van der Waals surface area contributed by atoms with Gasteiger partial charge in [-0.2, -0.15) is 0 Å². The summed E-state index contributed by atoms with van der Waals surface area (Å²) in [5.74, 6) is -12.1. The normalized spacial score (nSPS) is 18.9. The molecule has 0 unspecified atom stereocenters. The number of urea groups is 1. The minimum absolute atomic E-state index is 0.112. The molecule has 1 N–H and O–H groups in total. The summed E-state index contributed by atoms with van der Waals surface area (Å²) in [6.07, 6.45) is 0. The molecule has 3 rings (SSSR count). The number of carbonyl (C=O) groups excluding carboxylic acids is 2. The van der Waals surface area contributed by atoms with Crippen LogP contribution in [0.25, 0.3) is 0 Å². The maximum atomic E-state index is 13.9. The van der Waals surface area contributed by atoms with Gasteiger partial charge in [0.15, 0.2) is 23.3 Å². The van der Waals surface area contributed by atoms with Crippen LogP contribution in [0.5, 0.6) is 0 Å². The van der Waals surface area contributed by atoms with Gasteiger partial charge in [0, 0.05) is 17.7 Å². The van der Waals surface area contributed by atoms with Crippen LogP contribution in [0.3, 0.4) is 0 Å². The number of rotatable bonds is 4. The number of nitrogens with zero attached hydrogens (tertiary/aromatic N) is 2. The van der Waals surface area contributed by atoms with Crippen molar-refractivity contribution >= 4 is 17.6 Å². The standard InChI is InChI=1S/C17H10F5N3O4/c1-17(7-2-4-8(5-3-7)25(28)29)15(26)24(16(27)23-17)6-9-10(18)12(20)14(22)13(21)11(9)19/h2-5H,6H2,1H3,(H,23,27)/t17-/m1/s1. The highest BCUT2D eigenvalue weighted by Gasteiger charge is 2.49.